The number of rotatable bonds is 9. The monoisotopic (exact) mass is 658 g/mol. The number of carbonyl (C=O) groups is 2. The van der Waals surface area contributed by atoms with E-state index in [9.17, 15) is 9.59 Å². The van der Waals surface area contributed by atoms with Crippen molar-refractivity contribution in [3.8, 4) is 23.0 Å². The molecule has 9 nitrogen and oxygen atoms in total. The fourth-order valence-electron chi connectivity index (χ4n) is 5.92. The van der Waals surface area contributed by atoms with Crippen LogP contribution in [0.4, 0.5) is 5.69 Å². The lowest BCUT2D eigenvalue weighted by Crippen LogP contribution is -2.29. The number of esters is 1. The number of para-hydroxylation sites is 1. The summed E-state index contributed by atoms with van der Waals surface area (Å²) in [5.74, 6) is 1.05. The van der Waals surface area contributed by atoms with Crippen LogP contribution in [-0.4, -0.2) is 51.9 Å². The van der Waals surface area contributed by atoms with Crippen molar-refractivity contribution in [1.82, 2.24) is 4.98 Å². The van der Waals surface area contributed by atoms with Crippen LogP contribution < -0.4 is 24.3 Å². The number of allylic oxidation sites excluding steroid dienone is 1. The highest BCUT2D eigenvalue weighted by molar-refractivity contribution is 6.31. The van der Waals surface area contributed by atoms with E-state index >= 15 is 0 Å². The van der Waals surface area contributed by atoms with Gasteiger partial charge < -0.3 is 29.0 Å². The Morgan fingerprint density at radius 3 is 2.23 bits per heavy atom. The molecule has 0 saturated carbocycles. The van der Waals surface area contributed by atoms with Gasteiger partial charge in [0, 0.05) is 10.4 Å². The Labute approximate surface area is 279 Å². The van der Waals surface area contributed by atoms with E-state index in [1.165, 1.54) is 7.11 Å². The molecule has 1 aliphatic carbocycles. The molecule has 1 N–H and O–H groups in total. The lowest BCUT2D eigenvalue weighted by Gasteiger charge is -2.36. The van der Waals surface area contributed by atoms with Crippen molar-refractivity contribution >= 4 is 51.7 Å². The van der Waals surface area contributed by atoms with Crippen molar-refractivity contribution in [2.75, 3.05) is 40.4 Å². The molecule has 1 heterocycles. The highest BCUT2D eigenvalue weighted by Crippen LogP contribution is 2.46. The van der Waals surface area contributed by atoms with Gasteiger partial charge in [0.1, 0.15) is 5.75 Å². The average molecular weight is 659 g/mol. The third-order valence-corrected chi connectivity index (χ3v) is 8.68. The molecule has 4 aromatic rings. The Morgan fingerprint density at radius 1 is 0.915 bits per heavy atom. The van der Waals surface area contributed by atoms with Gasteiger partial charge in [-0.15, -0.1) is 0 Å². The first-order valence-electron chi connectivity index (χ1n) is 15.2. The molecule has 1 aliphatic rings. The lowest BCUT2D eigenvalue weighted by atomic mass is 9.69. The summed E-state index contributed by atoms with van der Waals surface area (Å²) in [7, 11) is 6.22. The standard InChI is InChI=1S/C37H39ClN2O7/c1-37(2,3)23-17-22(14-21-15-30(44-5)35(46-7)31(16-21)45-6)34-26(18-23)33(25-10-8-9-11-27(25)40-34)36(42)47-20-32(41)39-28-19-24(38)12-13-29(28)43-4/h8-16,19,23H,17-18,20H2,1-7H3,(H,39,41). The maximum absolute atomic E-state index is 14.0. The number of aromatic nitrogens is 1. The minimum Gasteiger partial charge on any atom is -0.495 e. The zero-order valence-electron chi connectivity index (χ0n) is 27.7. The van der Waals surface area contributed by atoms with Gasteiger partial charge in [0.05, 0.1) is 50.9 Å². The van der Waals surface area contributed by atoms with E-state index in [1.54, 1.807) is 39.5 Å². The zero-order chi connectivity index (χ0) is 33.9. The second-order valence-corrected chi connectivity index (χ2v) is 12.8. The highest BCUT2D eigenvalue weighted by Gasteiger charge is 2.35. The fourth-order valence-corrected chi connectivity index (χ4v) is 6.09. The first kappa shape index (κ1) is 33.6. The van der Waals surface area contributed by atoms with E-state index in [2.05, 4.69) is 32.2 Å². The molecule has 0 fully saturated rings. The molecule has 5 rings (SSSR count). The number of amides is 1. The van der Waals surface area contributed by atoms with Crippen molar-refractivity contribution in [3.63, 3.8) is 0 Å². The van der Waals surface area contributed by atoms with Crippen LogP contribution in [0, 0.1) is 11.3 Å². The molecule has 1 aromatic heterocycles. The van der Waals surface area contributed by atoms with E-state index < -0.39 is 18.5 Å². The molecular weight excluding hydrogens is 620 g/mol. The fraction of sp³-hybridized carbons (Fsp3) is 0.324. The third-order valence-electron chi connectivity index (χ3n) is 8.44. The quantitative estimate of drug-likeness (QED) is 0.181. The SMILES string of the molecule is COc1ccc(Cl)cc1NC(=O)COC(=O)c1c2c(nc3ccccc13)C(=Cc1cc(OC)c(OC)c(OC)c1)CC(C(C)(C)C)C2. The number of benzene rings is 3. The molecule has 47 heavy (non-hydrogen) atoms. The molecule has 0 radical (unpaired) electrons. The van der Waals surface area contributed by atoms with Gasteiger partial charge in [-0.25, -0.2) is 9.78 Å². The summed E-state index contributed by atoms with van der Waals surface area (Å²) < 4.78 is 27.7. The summed E-state index contributed by atoms with van der Waals surface area (Å²) >= 11 is 6.12. The van der Waals surface area contributed by atoms with Crippen LogP contribution in [0.5, 0.6) is 23.0 Å². The normalized spacial score (nSPS) is 15.1. The van der Waals surface area contributed by atoms with Gasteiger partial charge in [-0.1, -0.05) is 50.6 Å². The van der Waals surface area contributed by atoms with Gasteiger partial charge in [0.25, 0.3) is 5.91 Å². The van der Waals surface area contributed by atoms with Gasteiger partial charge >= 0.3 is 5.97 Å². The Hall–Kier alpha value is -4.76. The average Bonchev–Trinajstić information content (AvgIpc) is 3.05. The number of carbonyl (C=O) groups excluding carboxylic acids is 2. The highest BCUT2D eigenvalue weighted by atomic mass is 35.5. The second-order valence-electron chi connectivity index (χ2n) is 12.4. The largest absolute Gasteiger partial charge is 0.495 e. The number of methoxy groups -OCH3 is 4. The van der Waals surface area contributed by atoms with Crippen LogP contribution in [0.3, 0.4) is 0 Å². The molecule has 0 spiro atoms. The molecule has 246 valence electrons. The molecule has 3 aromatic carbocycles. The number of ether oxygens (including phenoxy) is 5. The number of halogens is 1. The van der Waals surface area contributed by atoms with Crippen molar-refractivity contribution in [2.45, 2.75) is 33.6 Å². The zero-order valence-corrected chi connectivity index (χ0v) is 28.4. The molecule has 10 heteroatoms. The summed E-state index contributed by atoms with van der Waals surface area (Å²) in [5, 5.41) is 3.81. The Kier molecular flexibility index (Phi) is 9.96. The van der Waals surface area contributed by atoms with Crippen LogP contribution in [-0.2, 0) is 16.0 Å². The van der Waals surface area contributed by atoms with Gasteiger partial charge in [-0.2, -0.15) is 0 Å². The van der Waals surface area contributed by atoms with Gasteiger partial charge in [0.15, 0.2) is 18.1 Å². The number of fused-ring (bicyclic) bond motifs is 2. The van der Waals surface area contributed by atoms with Crippen LogP contribution in [0.2, 0.25) is 5.02 Å². The van der Waals surface area contributed by atoms with E-state index in [4.69, 9.17) is 40.3 Å². The van der Waals surface area contributed by atoms with E-state index in [-0.39, 0.29) is 11.3 Å². The molecule has 0 aliphatic heterocycles. The van der Waals surface area contributed by atoms with E-state index in [1.807, 2.05) is 36.4 Å². The van der Waals surface area contributed by atoms with Gasteiger partial charge in [0.2, 0.25) is 5.75 Å². The summed E-state index contributed by atoms with van der Waals surface area (Å²) in [4.78, 5) is 32.0. The van der Waals surface area contributed by atoms with Crippen molar-refractivity contribution < 1.29 is 33.3 Å². The van der Waals surface area contributed by atoms with E-state index in [0.717, 1.165) is 28.8 Å². The maximum Gasteiger partial charge on any atom is 0.339 e. The first-order valence-corrected chi connectivity index (χ1v) is 15.6. The second kappa shape index (κ2) is 13.9. The number of pyridine rings is 1. The van der Waals surface area contributed by atoms with E-state index in [0.29, 0.717) is 56.6 Å². The third kappa shape index (κ3) is 7.15. The summed E-state index contributed by atoms with van der Waals surface area (Å²) in [6.07, 6.45) is 3.40. The smallest absolute Gasteiger partial charge is 0.339 e. The number of hydrogen-bond acceptors (Lipinski definition) is 8. The summed E-state index contributed by atoms with van der Waals surface area (Å²) in [5.41, 5.74) is 4.65. The molecule has 1 amide bonds. The lowest BCUT2D eigenvalue weighted by molar-refractivity contribution is -0.119. The molecule has 0 saturated heterocycles. The number of anilines is 1. The minimum atomic E-state index is -0.602. The molecule has 0 bridgehead atoms. The molecular formula is C37H39ClN2O7. The number of nitrogens with zero attached hydrogens (tertiary/aromatic N) is 1. The van der Waals surface area contributed by atoms with Gasteiger partial charge in [-0.3, -0.25) is 4.79 Å². The topological polar surface area (TPSA) is 105 Å². The molecule has 1 unspecified atom stereocenters. The Balaban J connectivity index is 1.58. The number of hydrogen-bond donors (Lipinski definition) is 1. The first-order chi connectivity index (χ1) is 22.5. The summed E-state index contributed by atoms with van der Waals surface area (Å²) in [6.45, 7) is 6.08. The van der Waals surface area contributed by atoms with Crippen molar-refractivity contribution in [3.05, 3.63) is 82.0 Å². The van der Waals surface area contributed by atoms with Crippen LogP contribution in [0.15, 0.2) is 54.6 Å². The Morgan fingerprint density at radius 2 is 1.60 bits per heavy atom. The maximum atomic E-state index is 14.0. The Bertz CT molecular complexity index is 1840. The van der Waals surface area contributed by atoms with Gasteiger partial charge in [-0.05, 0) is 83.3 Å². The molecule has 1 atom stereocenters. The van der Waals surface area contributed by atoms with Crippen molar-refractivity contribution in [2.24, 2.45) is 11.3 Å². The minimum absolute atomic E-state index is 0.0885. The summed E-state index contributed by atoms with van der Waals surface area (Å²) in [6, 6.07) is 16.1. The number of nitrogens with one attached hydrogen (secondary N) is 1. The van der Waals surface area contributed by atoms with Crippen molar-refractivity contribution in [1.29, 1.82) is 0 Å². The van der Waals surface area contributed by atoms with Crippen LogP contribution >= 0.6 is 11.6 Å². The predicted octanol–water partition coefficient (Wildman–Crippen LogP) is 7.87. The predicted molar refractivity (Wildman–Crippen MR) is 184 cm³/mol. The van der Waals surface area contributed by atoms with Crippen LogP contribution in [0.1, 0.15) is 54.4 Å². The van der Waals surface area contributed by atoms with Crippen LogP contribution in [0.25, 0.3) is 22.6 Å².